The lowest BCUT2D eigenvalue weighted by Gasteiger charge is -2.37. The van der Waals surface area contributed by atoms with Crippen LogP contribution in [0.25, 0.3) is 0 Å². The van der Waals surface area contributed by atoms with Crippen LogP contribution < -0.4 is 10.6 Å². The summed E-state index contributed by atoms with van der Waals surface area (Å²) in [6, 6.07) is 2.86. The maximum Gasteiger partial charge on any atom is 0.322 e. The van der Waals surface area contributed by atoms with E-state index in [-0.39, 0.29) is 11.8 Å². The van der Waals surface area contributed by atoms with Gasteiger partial charge in [0.25, 0.3) is 11.8 Å². The number of amides is 4. The third-order valence-corrected chi connectivity index (χ3v) is 4.33. The van der Waals surface area contributed by atoms with Crippen LogP contribution in [0.15, 0.2) is 22.9 Å². The molecule has 2 N–H and O–H groups in total. The SMILES string of the molecule is O=C1NC(=O)C2(CCN(C(=O)c3ccnc(Br)c3)CC2)N1. The lowest BCUT2D eigenvalue weighted by Crippen LogP contribution is -2.55. The summed E-state index contributed by atoms with van der Waals surface area (Å²) in [7, 11) is 0. The van der Waals surface area contributed by atoms with E-state index in [0.717, 1.165) is 0 Å². The zero-order chi connectivity index (χ0) is 15.0. The number of nitrogens with zero attached hydrogens (tertiary/aromatic N) is 2. The Kier molecular flexibility index (Phi) is 3.40. The second-order valence-electron chi connectivity index (χ2n) is 5.15. The number of hydrogen-bond acceptors (Lipinski definition) is 4. The van der Waals surface area contributed by atoms with Crippen molar-refractivity contribution < 1.29 is 14.4 Å². The van der Waals surface area contributed by atoms with Crippen molar-refractivity contribution in [3.05, 3.63) is 28.5 Å². The highest BCUT2D eigenvalue weighted by Gasteiger charge is 2.48. The number of imide groups is 1. The van der Waals surface area contributed by atoms with Crippen molar-refractivity contribution in [2.45, 2.75) is 18.4 Å². The highest BCUT2D eigenvalue weighted by atomic mass is 79.9. The van der Waals surface area contributed by atoms with Crippen molar-refractivity contribution in [1.82, 2.24) is 20.5 Å². The molecule has 0 saturated carbocycles. The Hall–Kier alpha value is -1.96. The molecule has 8 heteroatoms. The molecule has 21 heavy (non-hydrogen) atoms. The summed E-state index contributed by atoms with van der Waals surface area (Å²) in [4.78, 5) is 41.2. The molecule has 4 amide bonds. The molecule has 2 aliphatic heterocycles. The fourth-order valence-corrected chi connectivity index (χ4v) is 3.05. The lowest BCUT2D eigenvalue weighted by molar-refractivity contribution is -0.125. The van der Waals surface area contributed by atoms with Gasteiger partial charge in [0.2, 0.25) is 0 Å². The summed E-state index contributed by atoms with van der Waals surface area (Å²) < 4.78 is 0.601. The van der Waals surface area contributed by atoms with Crippen molar-refractivity contribution in [2.24, 2.45) is 0 Å². The number of hydrogen-bond donors (Lipinski definition) is 2. The number of nitrogens with one attached hydrogen (secondary N) is 2. The zero-order valence-electron chi connectivity index (χ0n) is 11.1. The van der Waals surface area contributed by atoms with Crippen molar-refractivity contribution in [2.75, 3.05) is 13.1 Å². The number of likely N-dealkylation sites (tertiary alicyclic amines) is 1. The number of carbonyl (C=O) groups excluding carboxylic acids is 3. The van der Waals surface area contributed by atoms with Gasteiger partial charge in [-0.25, -0.2) is 9.78 Å². The summed E-state index contributed by atoms with van der Waals surface area (Å²) in [6.45, 7) is 0.846. The first-order chi connectivity index (χ1) is 10.00. The minimum atomic E-state index is -0.854. The molecular formula is C13H13BrN4O3. The van der Waals surface area contributed by atoms with E-state index in [2.05, 4.69) is 31.5 Å². The Morgan fingerprint density at radius 3 is 2.62 bits per heavy atom. The van der Waals surface area contributed by atoms with Gasteiger partial charge in [-0.1, -0.05) is 0 Å². The Bertz CT molecular complexity index is 626. The molecule has 110 valence electrons. The molecule has 3 heterocycles. The molecule has 0 aliphatic carbocycles. The monoisotopic (exact) mass is 352 g/mol. The smallest absolute Gasteiger partial charge is 0.322 e. The second kappa shape index (κ2) is 5.10. The molecule has 7 nitrogen and oxygen atoms in total. The third kappa shape index (κ3) is 2.51. The van der Waals surface area contributed by atoms with Gasteiger partial charge in [-0.05, 0) is 40.9 Å². The lowest BCUT2D eigenvalue weighted by atomic mass is 9.87. The molecule has 2 saturated heterocycles. The van der Waals surface area contributed by atoms with Gasteiger partial charge in [0, 0.05) is 24.8 Å². The van der Waals surface area contributed by atoms with E-state index in [1.165, 1.54) is 0 Å². The van der Waals surface area contributed by atoms with Crippen LogP contribution in [0.3, 0.4) is 0 Å². The molecule has 1 aromatic rings. The Labute approximate surface area is 129 Å². The minimum Gasteiger partial charge on any atom is -0.338 e. The summed E-state index contributed by atoms with van der Waals surface area (Å²) >= 11 is 3.24. The highest BCUT2D eigenvalue weighted by molar-refractivity contribution is 9.10. The van der Waals surface area contributed by atoms with Crippen LogP contribution in [-0.4, -0.2) is 46.4 Å². The molecular weight excluding hydrogens is 340 g/mol. The summed E-state index contributed by atoms with van der Waals surface area (Å²) in [5.41, 5.74) is -0.306. The average Bonchev–Trinajstić information content (AvgIpc) is 2.73. The molecule has 3 rings (SSSR count). The normalized spacial score (nSPS) is 20.3. The first-order valence-electron chi connectivity index (χ1n) is 6.55. The molecule has 1 spiro atoms. The van der Waals surface area contributed by atoms with Crippen LogP contribution in [0.5, 0.6) is 0 Å². The van der Waals surface area contributed by atoms with Gasteiger partial charge in [-0.2, -0.15) is 0 Å². The van der Waals surface area contributed by atoms with E-state index in [9.17, 15) is 14.4 Å². The first kappa shape index (κ1) is 14.0. The number of urea groups is 1. The van der Waals surface area contributed by atoms with Gasteiger partial charge < -0.3 is 10.2 Å². The maximum atomic E-state index is 12.4. The summed E-state index contributed by atoms with van der Waals surface area (Å²) in [5, 5.41) is 4.93. The highest BCUT2D eigenvalue weighted by Crippen LogP contribution is 2.26. The van der Waals surface area contributed by atoms with Crippen LogP contribution in [-0.2, 0) is 4.79 Å². The van der Waals surface area contributed by atoms with E-state index >= 15 is 0 Å². The van der Waals surface area contributed by atoms with Crippen LogP contribution in [0, 0.1) is 0 Å². The van der Waals surface area contributed by atoms with E-state index in [1.54, 1.807) is 23.2 Å². The second-order valence-corrected chi connectivity index (χ2v) is 5.96. The molecule has 0 atom stereocenters. The maximum absolute atomic E-state index is 12.4. The summed E-state index contributed by atoms with van der Waals surface area (Å²) in [5.74, 6) is -0.399. The molecule has 2 aliphatic rings. The number of pyridine rings is 1. The van der Waals surface area contributed by atoms with E-state index in [0.29, 0.717) is 36.1 Å². The van der Waals surface area contributed by atoms with E-state index < -0.39 is 11.6 Å². The average molecular weight is 353 g/mol. The van der Waals surface area contributed by atoms with Gasteiger partial charge in [0.1, 0.15) is 10.1 Å². The predicted octanol–water partition coefficient (Wildman–Crippen LogP) is 0.658. The standard InChI is InChI=1S/C13H13BrN4O3/c14-9-7-8(1-4-15-9)10(19)18-5-2-13(3-6-18)11(20)16-12(21)17-13/h1,4,7H,2-3,5-6H2,(H2,16,17,20,21). The topological polar surface area (TPSA) is 91.4 Å². The van der Waals surface area contributed by atoms with Gasteiger partial charge >= 0.3 is 6.03 Å². The van der Waals surface area contributed by atoms with Crippen molar-refractivity contribution in [1.29, 1.82) is 0 Å². The fraction of sp³-hybridized carbons (Fsp3) is 0.385. The number of carbonyl (C=O) groups is 3. The van der Waals surface area contributed by atoms with Gasteiger partial charge in [-0.15, -0.1) is 0 Å². The number of piperidine rings is 1. The Morgan fingerprint density at radius 2 is 2.05 bits per heavy atom. The fourth-order valence-electron chi connectivity index (χ4n) is 2.69. The Balaban J connectivity index is 1.70. The summed E-state index contributed by atoms with van der Waals surface area (Å²) in [6.07, 6.45) is 2.40. The first-order valence-corrected chi connectivity index (χ1v) is 7.34. The quantitative estimate of drug-likeness (QED) is 0.573. The van der Waals surface area contributed by atoms with Gasteiger partial charge in [-0.3, -0.25) is 14.9 Å². The van der Waals surface area contributed by atoms with Crippen molar-refractivity contribution in [3.63, 3.8) is 0 Å². The van der Waals surface area contributed by atoms with Gasteiger partial charge in [0.15, 0.2) is 0 Å². The van der Waals surface area contributed by atoms with Crippen LogP contribution >= 0.6 is 15.9 Å². The van der Waals surface area contributed by atoms with E-state index in [1.807, 2.05) is 0 Å². The van der Waals surface area contributed by atoms with Gasteiger partial charge in [0.05, 0.1) is 0 Å². The number of aromatic nitrogens is 1. The molecule has 0 aromatic carbocycles. The zero-order valence-corrected chi connectivity index (χ0v) is 12.6. The molecule has 0 bridgehead atoms. The van der Waals surface area contributed by atoms with Crippen LogP contribution in [0.4, 0.5) is 4.79 Å². The third-order valence-electron chi connectivity index (χ3n) is 3.89. The molecule has 0 unspecified atom stereocenters. The predicted molar refractivity (Wildman–Crippen MR) is 76.5 cm³/mol. The van der Waals surface area contributed by atoms with Crippen LogP contribution in [0.1, 0.15) is 23.2 Å². The minimum absolute atomic E-state index is 0.0994. The number of halogens is 1. The largest absolute Gasteiger partial charge is 0.338 e. The molecule has 0 radical (unpaired) electrons. The number of rotatable bonds is 1. The van der Waals surface area contributed by atoms with Crippen LogP contribution in [0.2, 0.25) is 0 Å². The van der Waals surface area contributed by atoms with Crippen molar-refractivity contribution in [3.8, 4) is 0 Å². The van der Waals surface area contributed by atoms with E-state index in [4.69, 9.17) is 0 Å². The Morgan fingerprint density at radius 1 is 1.33 bits per heavy atom. The van der Waals surface area contributed by atoms with Crippen molar-refractivity contribution >= 4 is 33.8 Å². The molecule has 1 aromatic heterocycles. The molecule has 2 fully saturated rings.